The van der Waals surface area contributed by atoms with Crippen LogP contribution in [0.4, 0.5) is 22.7 Å². The van der Waals surface area contributed by atoms with Crippen molar-refractivity contribution in [1.29, 1.82) is 0 Å². The highest BCUT2D eigenvalue weighted by Gasteiger charge is 2.17. The van der Waals surface area contributed by atoms with E-state index in [0.717, 1.165) is 0 Å². The summed E-state index contributed by atoms with van der Waals surface area (Å²) in [6.07, 6.45) is 0. The quantitative estimate of drug-likeness (QED) is 0.357. The number of ether oxygens (including phenoxy) is 2. The van der Waals surface area contributed by atoms with Crippen molar-refractivity contribution in [1.82, 2.24) is 0 Å². The van der Waals surface area contributed by atoms with Crippen LogP contribution in [-0.2, 0) is 9.59 Å². The highest BCUT2D eigenvalue weighted by Crippen LogP contribution is 2.30. The third-order valence-electron chi connectivity index (χ3n) is 3.57. The molecule has 0 saturated heterocycles. The van der Waals surface area contributed by atoms with E-state index in [1.54, 1.807) is 0 Å². The second kappa shape index (κ2) is 9.82. The Morgan fingerprint density at radius 3 is 1.47 bits per heavy atom. The van der Waals surface area contributed by atoms with Crippen LogP contribution in [-0.4, -0.2) is 34.9 Å². The Bertz CT molecular complexity index is 913. The molecule has 12 heteroatoms. The molecule has 2 rings (SSSR count). The number of nitro groups is 2. The number of nitrogens with one attached hydrogen (secondary N) is 2. The monoisotopic (exact) mass is 418 g/mol. The van der Waals surface area contributed by atoms with E-state index in [2.05, 4.69) is 10.6 Å². The largest absolute Gasteiger partial charge is 0.490 e. The first-order chi connectivity index (χ1) is 14.2. The Morgan fingerprint density at radius 2 is 1.17 bits per heavy atom. The molecule has 2 amide bonds. The molecule has 0 aliphatic heterocycles. The first kappa shape index (κ1) is 22.1. The van der Waals surface area contributed by atoms with Crippen molar-refractivity contribution < 1.29 is 28.9 Å². The zero-order valence-corrected chi connectivity index (χ0v) is 16.0. The van der Waals surface area contributed by atoms with E-state index in [1.165, 1.54) is 50.2 Å². The summed E-state index contributed by atoms with van der Waals surface area (Å²) in [4.78, 5) is 43.2. The van der Waals surface area contributed by atoms with E-state index in [1.807, 2.05) is 0 Å². The van der Waals surface area contributed by atoms with Gasteiger partial charge in [-0.3, -0.25) is 29.8 Å². The van der Waals surface area contributed by atoms with Crippen molar-refractivity contribution >= 4 is 34.6 Å². The van der Waals surface area contributed by atoms with Gasteiger partial charge in [-0.25, -0.2) is 0 Å². The summed E-state index contributed by atoms with van der Waals surface area (Å²) in [6.45, 7) is 2.47. The smallest absolute Gasteiger partial charge is 0.296 e. The SMILES string of the molecule is CC(=O)Nc1ccc(OCCOc2ccc(NC(C)=O)c([N+](=O)[O-])c2)cc1[N+](=O)[O-]. The average Bonchev–Trinajstić information content (AvgIpc) is 2.66. The lowest BCUT2D eigenvalue weighted by Crippen LogP contribution is -2.11. The van der Waals surface area contributed by atoms with Crippen molar-refractivity contribution in [2.24, 2.45) is 0 Å². The number of nitro benzene ring substituents is 2. The van der Waals surface area contributed by atoms with Gasteiger partial charge in [-0.05, 0) is 24.3 Å². The first-order valence-corrected chi connectivity index (χ1v) is 8.55. The highest BCUT2D eigenvalue weighted by molar-refractivity contribution is 5.92. The van der Waals surface area contributed by atoms with Crippen LogP contribution >= 0.6 is 0 Å². The second-order valence-corrected chi connectivity index (χ2v) is 5.93. The third-order valence-corrected chi connectivity index (χ3v) is 3.57. The van der Waals surface area contributed by atoms with Gasteiger partial charge in [0.05, 0.1) is 22.0 Å². The number of anilines is 2. The zero-order chi connectivity index (χ0) is 22.3. The lowest BCUT2D eigenvalue weighted by molar-refractivity contribution is -0.384. The molecule has 0 spiro atoms. The number of rotatable bonds is 9. The lowest BCUT2D eigenvalue weighted by atomic mass is 10.2. The van der Waals surface area contributed by atoms with Crippen LogP contribution in [0.5, 0.6) is 11.5 Å². The number of nitrogens with zero attached hydrogens (tertiary/aromatic N) is 2. The molecule has 0 fully saturated rings. The van der Waals surface area contributed by atoms with Gasteiger partial charge in [0.1, 0.15) is 36.1 Å². The molecule has 0 atom stereocenters. The Hall–Kier alpha value is -4.22. The minimum Gasteiger partial charge on any atom is -0.490 e. The lowest BCUT2D eigenvalue weighted by Gasteiger charge is -2.10. The summed E-state index contributed by atoms with van der Waals surface area (Å²) in [5.74, 6) is -0.518. The summed E-state index contributed by atoms with van der Waals surface area (Å²) in [5.41, 5.74) is -0.564. The number of hydrogen-bond donors (Lipinski definition) is 2. The van der Waals surface area contributed by atoms with Crippen LogP contribution in [0.25, 0.3) is 0 Å². The minimum absolute atomic E-state index is 0.00210. The van der Waals surface area contributed by atoms with Gasteiger partial charge in [0.2, 0.25) is 11.8 Å². The molecule has 2 aromatic carbocycles. The molecule has 0 unspecified atom stereocenters. The van der Waals surface area contributed by atoms with E-state index >= 15 is 0 Å². The Morgan fingerprint density at radius 1 is 0.800 bits per heavy atom. The van der Waals surface area contributed by atoms with Crippen molar-refractivity contribution in [3.63, 3.8) is 0 Å². The van der Waals surface area contributed by atoms with Crippen molar-refractivity contribution in [3.05, 3.63) is 56.6 Å². The van der Waals surface area contributed by atoms with E-state index in [-0.39, 0.29) is 47.5 Å². The maximum Gasteiger partial charge on any atom is 0.296 e. The van der Waals surface area contributed by atoms with E-state index in [4.69, 9.17) is 9.47 Å². The second-order valence-electron chi connectivity index (χ2n) is 5.93. The van der Waals surface area contributed by atoms with Gasteiger partial charge >= 0.3 is 0 Å². The Kier molecular flexibility index (Phi) is 7.22. The van der Waals surface area contributed by atoms with Gasteiger partial charge in [-0.15, -0.1) is 0 Å². The summed E-state index contributed by atoms with van der Waals surface area (Å²) in [6, 6.07) is 7.92. The molecule has 0 aromatic heterocycles. The molecule has 0 aliphatic rings. The number of carbonyl (C=O) groups is 2. The van der Waals surface area contributed by atoms with Crippen LogP contribution in [0.1, 0.15) is 13.8 Å². The summed E-state index contributed by atoms with van der Waals surface area (Å²) in [5, 5.41) is 27.0. The summed E-state index contributed by atoms with van der Waals surface area (Å²) in [7, 11) is 0. The number of benzene rings is 2. The number of hydrogen-bond acceptors (Lipinski definition) is 8. The first-order valence-electron chi connectivity index (χ1n) is 8.55. The van der Waals surface area contributed by atoms with E-state index in [9.17, 15) is 29.8 Å². The van der Waals surface area contributed by atoms with Crippen molar-refractivity contribution in [2.75, 3.05) is 23.8 Å². The molecule has 0 heterocycles. The molecule has 0 aliphatic carbocycles. The van der Waals surface area contributed by atoms with Gasteiger partial charge in [0.15, 0.2) is 0 Å². The predicted molar refractivity (Wildman–Crippen MR) is 106 cm³/mol. The number of carbonyl (C=O) groups excluding carboxylic acids is 2. The molecule has 2 aromatic rings. The standard InChI is InChI=1S/C18H18N4O8/c1-11(23)19-15-5-3-13(9-17(15)21(25)26)29-7-8-30-14-4-6-16(20-12(2)24)18(10-14)22(27)28/h3-6,9-10H,7-8H2,1-2H3,(H,19,23)(H,20,24). The predicted octanol–water partition coefficient (Wildman–Crippen LogP) is 2.88. The van der Waals surface area contributed by atoms with Crippen LogP contribution < -0.4 is 20.1 Å². The maximum absolute atomic E-state index is 11.1. The normalized spacial score (nSPS) is 10.1. The van der Waals surface area contributed by atoms with Gasteiger partial charge in [0.25, 0.3) is 11.4 Å². The van der Waals surface area contributed by atoms with Crippen molar-refractivity contribution in [2.45, 2.75) is 13.8 Å². The van der Waals surface area contributed by atoms with Gasteiger partial charge in [-0.1, -0.05) is 0 Å². The fourth-order valence-corrected chi connectivity index (χ4v) is 2.41. The molecule has 158 valence electrons. The minimum atomic E-state index is -0.648. The molecule has 30 heavy (non-hydrogen) atoms. The number of amides is 2. The summed E-state index contributed by atoms with van der Waals surface area (Å²) < 4.78 is 10.8. The molecule has 0 saturated carbocycles. The zero-order valence-electron chi connectivity index (χ0n) is 16.0. The fraction of sp³-hybridized carbons (Fsp3) is 0.222. The van der Waals surface area contributed by atoms with E-state index < -0.39 is 21.7 Å². The third kappa shape index (κ3) is 6.15. The topological polar surface area (TPSA) is 163 Å². The van der Waals surface area contributed by atoms with E-state index in [0.29, 0.717) is 0 Å². The Labute approximate surface area is 170 Å². The van der Waals surface area contributed by atoms with Crippen LogP contribution in [0.15, 0.2) is 36.4 Å². The molecule has 12 nitrogen and oxygen atoms in total. The fourth-order valence-electron chi connectivity index (χ4n) is 2.41. The maximum atomic E-state index is 11.1. The van der Waals surface area contributed by atoms with Crippen molar-refractivity contribution in [3.8, 4) is 11.5 Å². The average molecular weight is 418 g/mol. The molecular weight excluding hydrogens is 400 g/mol. The molecular formula is C18H18N4O8. The van der Waals surface area contributed by atoms with Crippen LogP contribution in [0.2, 0.25) is 0 Å². The van der Waals surface area contributed by atoms with Gasteiger partial charge in [0, 0.05) is 13.8 Å². The van der Waals surface area contributed by atoms with Gasteiger partial charge < -0.3 is 20.1 Å². The van der Waals surface area contributed by atoms with Crippen LogP contribution in [0.3, 0.4) is 0 Å². The molecule has 0 radical (unpaired) electrons. The summed E-state index contributed by atoms with van der Waals surface area (Å²) >= 11 is 0. The Balaban J connectivity index is 1.99. The van der Waals surface area contributed by atoms with Gasteiger partial charge in [-0.2, -0.15) is 0 Å². The molecule has 2 N–H and O–H groups in total. The van der Waals surface area contributed by atoms with Crippen LogP contribution in [0, 0.1) is 20.2 Å². The highest BCUT2D eigenvalue weighted by atomic mass is 16.6. The molecule has 0 bridgehead atoms.